The zero-order valence-electron chi connectivity index (χ0n) is 2.45. The first-order chi connectivity index (χ1) is 1.73. The zero-order chi connectivity index (χ0) is 3.58. The van der Waals surface area contributed by atoms with Crippen molar-refractivity contribution in [3.8, 4) is 0 Å². The maximum atomic E-state index is 10.6. The average Bonchev–Trinajstić information content (AvgIpc) is 0.811. The van der Waals surface area contributed by atoms with Crippen LogP contribution < -0.4 is 0 Å². The molecule has 0 aliphatic carbocycles. The van der Waals surface area contributed by atoms with Gasteiger partial charge in [0.25, 0.3) is 0 Å². The summed E-state index contributed by atoms with van der Waals surface area (Å²) in [6.45, 7) is 0. The summed E-state index contributed by atoms with van der Waals surface area (Å²) in [7, 11) is 8.98. The molecule has 1 radical (unpaired) electrons. The maximum absolute atomic E-state index is 10.6. The van der Waals surface area contributed by atoms with Gasteiger partial charge in [-0.1, -0.05) is 0 Å². The summed E-state index contributed by atoms with van der Waals surface area (Å²) in [5, 5.41) is 0. The molecule has 0 aliphatic rings. The fourth-order valence-corrected chi connectivity index (χ4v) is 0. The summed E-state index contributed by atoms with van der Waals surface area (Å²) in [5.41, 5.74) is 0. The van der Waals surface area contributed by atoms with Crippen LogP contribution >= 0.6 is 19.1 Å². The quantitative estimate of drug-likeness (QED) is 0.590. The summed E-state index contributed by atoms with van der Waals surface area (Å²) in [6, 6.07) is 0. The second kappa shape index (κ2) is 7.22. The van der Waals surface area contributed by atoms with Crippen molar-refractivity contribution in [1.82, 2.24) is 0 Å². The van der Waals surface area contributed by atoms with Crippen molar-refractivity contribution in [3.05, 3.63) is 0 Å². The normalized spacial score (nSPS) is 9.00. The molecule has 0 unspecified atom stereocenters. The van der Waals surface area contributed by atoms with Gasteiger partial charge in [-0.05, 0) is 0 Å². The van der Waals surface area contributed by atoms with Gasteiger partial charge >= 0.3 is 37.5 Å². The van der Waals surface area contributed by atoms with Crippen LogP contribution in [0.5, 0.6) is 0 Å². The van der Waals surface area contributed by atoms with Crippen molar-refractivity contribution in [3.63, 3.8) is 0 Å². The summed E-state index contributed by atoms with van der Waals surface area (Å²) >= 11 is -2.54. The number of rotatable bonds is 0. The van der Waals surface area contributed by atoms with Gasteiger partial charge in [0.05, 0.1) is 0 Å². The Kier molecular flexibility index (Phi) is 16.0. The third-order valence-corrected chi connectivity index (χ3v) is 0. The predicted octanol–water partition coefficient (Wildman–Crippen LogP) is 1.42. The molecule has 0 atom stereocenters. The molecule has 0 bridgehead atoms. The van der Waals surface area contributed by atoms with Crippen LogP contribution in [-0.4, -0.2) is 68.9 Å². The molecule has 0 heterocycles. The topological polar surface area (TPSA) is 0 Å². The van der Waals surface area contributed by atoms with Gasteiger partial charge < -0.3 is 0 Å². The molecule has 0 N–H and O–H groups in total. The standard InChI is InChI=1S/2ClH.Cs.FH.Pd/h2*1H;;1H;/q;;;;+3/p-3. The number of hydrogen-bond acceptors (Lipinski definition) is 0. The summed E-state index contributed by atoms with van der Waals surface area (Å²) < 4.78 is 10.6. The zero-order valence-corrected chi connectivity index (χ0v) is 11.8. The molecule has 5 heteroatoms. The van der Waals surface area contributed by atoms with E-state index < -0.39 is 15.2 Å². The Hall–Kier alpha value is 3.22. The molecule has 0 aromatic carbocycles. The summed E-state index contributed by atoms with van der Waals surface area (Å²) in [6.07, 6.45) is 0. The minimum atomic E-state index is -2.54. The van der Waals surface area contributed by atoms with Crippen LogP contribution in [-0.2, 0) is 15.2 Å². The Labute approximate surface area is 103 Å². The monoisotopic (exact) mass is 328 g/mol. The van der Waals surface area contributed by atoms with Gasteiger partial charge in [0, 0.05) is 68.9 Å². The first kappa shape index (κ1) is 11.1. The Morgan fingerprint density at radius 1 is 1.40 bits per heavy atom. The van der Waals surface area contributed by atoms with Gasteiger partial charge in [-0.2, -0.15) is 0 Å². The van der Waals surface area contributed by atoms with Gasteiger partial charge in [-0.15, -0.1) is 0 Å². The van der Waals surface area contributed by atoms with E-state index in [1.54, 1.807) is 0 Å². The molecule has 32 valence electrons. The fourth-order valence-electron chi connectivity index (χ4n) is 0. The third-order valence-electron chi connectivity index (χ3n) is 0. The van der Waals surface area contributed by atoms with E-state index in [0.717, 1.165) is 0 Å². The van der Waals surface area contributed by atoms with E-state index >= 15 is 0 Å². The van der Waals surface area contributed by atoms with E-state index in [2.05, 4.69) is 19.1 Å². The number of hydrogen-bond donors (Lipinski definition) is 0. The molecule has 0 spiro atoms. The van der Waals surface area contributed by atoms with Crippen LogP contribution in [0.4, 0.5) is 3.22 Å². The van der Waals surface area contributed by atoms with Crippen LogP contribution in [0, 0.1) is 0 Å². The van der Waals surface area contributed by atoms with E-state index in [9.17, 15) is 3.22 Å². The molecule has 0 rings (SSSR count). The molecule has 0 aliphatic heterocycles. The molecule has 0 saturated carbocycles. The van der Waals surface area contributed by atoms with Crippen molar-refractivity contribution in [2.45, 2.75) is 0 Å². The van der Waals surface area contributed by atoms with Crippen LogP contribution in [0.15, 0.2) is 0 Å². The Morgan fingerprint density at radius 3 is 1.40 bits per heavy atom. The summed E-state index contributed by atoms with van der Waals surface area (Å²) in [4.78, 5) is 0. The van der Waals surface area contributed by atoms with Gasteiger partial charge in [0.15, 0.2) is 0 Å². The Balaban J connectivity index is 0. The molecular formula is Cl2CsFPd. The van der Waals surface area contributed by atoms with Gasteiger partial charge in [0.1, 0.15) is 0 Å². The molecule has 0 aromatic heterocycles. The van der Waals surface area contributed by atoms with Crippen molar-refractivity contribution < 1.29 is 18.5 Å². The van der Waals surface area contributed by atoms with E-state index in [1.165, 1.54) is 0 Å². The summed E-state index contributed by atoms with van der Waals surface area (Å²) in [5.74, 6) is 0. The Bertz CT molecular complexity index is 14.4. The molecule has 0 nitrogen and oxygen atoms in total. The van der Waals surface area contributed by atoms with Gasteiger partial charge in [-0.3, -0.25) is 0 Å². The van der Waals surface area contributed by atoms with Crippen molar-refractivity contribution in [1.29, 1.82) is 0 Å². The first-order valence-corrected chi connectivity index (χ1v) is 4.95. The SMILES string of the molecule is [Cs].[F][Pd]([Cl])[Cl]. The van der Waals surface area contributed by atoms with Crippen molar-refractivity contribution >= 4 is 88.0 Å². The minimum absolute atomic E-state index is 0. The van der Waals surface area contributed by atoms with E-state index in [4.69, 9.17) is 0 Å². The van der Waals surface area contributed by atoms with E-state index in [-0.39, 0.29) is 68.9 Å². The molecular weight excluding hydrogens is 329 g/mol. The van der Waals surface area contributed by atoms with Gasteiger partial charge in [-0.25, -0.2) is 0 Å². The van der Waals surface area contributed by atoms with Crippen molar-refractivity contribution in [2.75, 3.05) is 0 Å². The van der Waals surface area contributed by atoms with Gasteiger partial charge in [0.2, 0.25) is 0 Å². The molecule has 0 amide bonds. The van der Waals surface area contributed by atoms with Crippen LogP contribution in [0.25, 0.3) is 0 Å². The van der Waals surface area contributed by atoms with E-state index in [1.807, 2.05) is 0 Å². The molecule has 0 aromatic rings. The van der Waals surface area contributed by atoms with Crippen LogP contribution in [0.3, 0.4) is 0 Å². The first-order valence-electron chi connectivity index (χ1n) is 0.359. The molecule has 0 fully saturated rings. The Morgan fingerprint density at radius 2 is 1.40 bits per heavy atom. The third kappa shape index (κ3) is 19.0. The second-order valence-corrected chi connectivity index (χ2v) is 4.01. The molecule has 0 saturated heterocycles. The second-order valence-electron chi connectivity index (χ2n) is 0.136. The molecule has 5 heavy (non-hydrogen) atoms. The number of halogens is 3. The average molecular weight is 329 g/mol. The van der Waals surface area contributed by atoms with E-state index in [0.29, 0.717) is 0 Å². The fraction of sp³-hybridized carbons (Fsp3) is 0. The predicted molar refractivity (Wildman–Crippen MR) is 18.6 cm³/mol. The van der Waals surface area contributed by atoms with Crippen molar-refractivity contribution in [2.24, 2.45) is 0 Å². The van der Waals surface area contributed by atoms with Crippen LogP contribution in [0.2, 0.25) is 0 Å². The van der Waals surface area contributed by atoms with Crippen LogP contribution in [0.1, 0.15) is 0 Å².